The average Bonchev–Trinajstić information content (AvgIpc) is 2.45. The fourth-order valence-electron chi connectivity index (χ4n) is 1.73. The molecule has 0 bridgehead atoms. The molecule has 108 valence electrons. The molecule has 21 heavy (non-hydrogen) atoms. The lowest BCUT2D eigenvalue weighted by atomic mass is 10.1. The molecule has 0 unspecified atom stereocenters. The first-order chi connectivity index (χ1) is 9.97. The van der Waals surface area contributed by atoms with Gasteiger partial charge in [0.1, 0.15) is 5.82 Å². The van der Waals surface area contributed by atoms with Crippen LogP contribution in [0.3, 0.4) is 0 Å². The van der Waals surface area contributed by atoms with Gasteiger partial charge in [0.25, 0.3) is 11.6 Å². The van der Waals surface area contributed by atoms with Gasteiger partial charge in [-0.3, -0.25) is 14.9 Å². The van der Waals surface area contributed by atoms with Crippen LogP contribution in [0.25, 0.3) is 0 Å². The smallest absolute Gasteiger partial charge is 0.270 e. The number of hydrogen-bond donors (Lipinski definition) is 1. The predicted octanol–water partition coefficient (Wildman–Crippen LogP) is 3.32. The summed E-state index contributed by atoms with van der Waals surface area (Å²) < 4.78 is 13.6. The molecule has 5 nitrogen and oxygen atoms in total. The number of carbonyl (C=O) groups excluding carboxylic acids is 1. The van der Waals surface area contributed by atoms with Gasteiger partial charge in [0.05, 0.1) is 10.5 Å². The normalized spacial score (nSPS) is 10.2. The molecule has 2 rings (SSSR count). The largest absolute Gasteiger partial charge is 0.348 e. The summed E-state index contributed by atoms with van der Waals surface area (Å²) in [6.45, 7) is 0.140. The van der Waals surface area contributed by atoms with Crippen molar-refractivity contribution < 1.29 is 14.1 Å². The van der Waals surface area contributed by atoms with Crippen molar-refractivity contribution >= 4 is 23.2 Å². The Morgan fingerprint density at radius 2 is 2.05 bits per heavy atom. The first-order valence-corrected chi connectivity index (χ1v) is 6.32. The average molecular weight is 309 g/mol. The van der Waals surface area contributed by atoms with E-state index in [1.807, 2.05) is 0 Å². The molecule has 1 N–H and O–H groups in total. The third-order valence-corrected chi connectivity index (χ3v) is 2.98. The lowest BCUT2D eigenvalue weighted by Crippen LogP contribution is -2.24. The summed E-state index contributed by atoms with van der Waals surface area (Å²) in [7, 11) is 0. The molecule has 0 radical (unpaired) electrons. The molecule has 0 spiro atoms. The molecule has 2 aromatic rings. The summed E-state index contributed by atoms with van der Waals surface area (Å²) in [5, 5.41) is 13.6. The Bertz CT molecular complexity index is 706. The Morgan fingerprint density at radius 3 is 2.71 bits per heavy atom. The number of halogens is 2. The van der Waals surface area contributed by atoms with Crippen molar-refractivity contribution in [2.24, 2.45) is 0 Å². The van der Waals surface area contributed by atoms with Crippen LogP contribution in [0.1, 0.15) is 15.9 Å². The summed E-state index contributed by atoms with van der Waals surface area (Å²) in [6.07, 6.45) is 0. The number of rotatable bonds is 4. The molecule has 0 saturated heterocycles. The van der Waals surface area contributed by atoms with Gasteiger partial charge in [-0.2, -0.15) is 0 Å². The Kier molecular flexibility index (Phi) is 4.49. The molecule has 2 aromatic carbocycles. The number of amides is 1. The Labute approximate surface area is 124 Å². The highest BCUT2D eigenvalue weighted by Gasteiger charge is 2.16. The van der Waals surface area contributed by atoms with E-state index in [9.17, 15) is 19.3 Å². The van der Waals surface area contributed by atoms with E-state index in [1.54, 1.807) is 24.3 Å². The van der Waals surface area contributed by atoms with Crippen molar-refractivity contribution in [1.82, 2.24) is 5.32 Å². The van der Waals surface area contributed by atoms with Gasteiger partial charge in [-0.15, -0.1) is 0 Å². The molecule has 0 aliphatic carbocycles. The van der Waals surface area contributed by atoms with Gasteiger partial charge in [-0.05, 0) is 23.8 Å². The number of nitrogens with zero attached hydrogens (tertiary/aromatic N) is 1. The number of nitro groups is 1. The molecular formula is C14H10ClFN2O3. The van der Waals surface area contributed by atoms with Crippen molar-refractivity contribution in [1.29, 1.82) is 0 Å². The Morgan fingerprint density at radius 1 is 1.29 bits per heavy atom. The maximum atomic E-state index is 13.6. The van der Waals surface area contributed by atoms with Gasteiger partial charge < -0.3 is 5.32 Å². The summed E-state index contributed by atoms with van der Waals surface area (Å²) in [6, 6.07) is 9.62. The summed E-state index contributed by atoms with van der Waals surface area (Å²) in [4.78, 5) is 21.8. The minimum absolute atomic E-state index is 0.140. The molecule has 0 atom stereocenters. The van der Waals surface area contributed by atoms with Crippen molar-refractivity contribution in [2.75, 3.05) is 0 Å². The number of nitro benzene ring substituents is 1. The number of hydrogen-bond acceptors (Lipinski definition) is 3. The number of benzene rings is 2. The summed E-state index contributed by atoms with van der Waals surface area (Å²) >= 11 is 5.81. The Hall–Kier alpha value is -2.47. The third-order valence-electron chi connectivity index (χ3n) is 2.75. The highest BCUT2D eigenvalue weighted by Crippen LogP contribution is 2.17. The quantitative estimate of drug-likeness (QED) is 0.695. The molecule has 0 heterocycles. The van der Waals surface area contributed by atoms with Crippen LogP contribution in [0.5, 0.6) is 0 Å². The summed E-state index contributed by atoms with van der Waals surface area (Å²) in [5.74, 6) is -1.54. The summed E-state index contributed by atoms with van der Waals surface area (Å²) in [5.41, 5.74) is 0.0252. The van der Waals surface area contributed by atoms with E-state index in [-0.39, 0.29) is 17.8 Å². The standard InChI is InChI=1S/C14H10ClFN2O3/c15-10-3-1-2-9(6-10)8-17-14(19)12-7-11(18(20)21)4-5-13(12)16/h1-7H,8H2,(H,17,19). The molecule has 7 heteroatoms. The van der Waals surface area contributed by atoms with Gasteiger partial charge in [-0.25, -0.2) is 4.39 Å². The van der Waals surface area contributed by atoms with Gasteiger partial charge >= 0.3 is 0 Å². The minimum atomic E-state index is -0.816. The number of non-ortho nitro benzene ring substituents is 1. The van der Waals surface area contributed by atoms with Crippen LogP contribution < -0.4 is 5.32 Å². The zero-order valence-electron chi connectivity index (χ0n) is 10.7. The Balaban J connectivity index is 2.13. The van der Waals surface area contributed by atoms with Crippen LogP contribution in [0.15, 0.2) is 42.5 Å². The van der Waals surface area contributed by atoms with Crippen molar-refractivity contribution in [2.45, 2.75) is 6.54 Å². The van der Waals surface area contributed by atoms with E-state index in [4.69, 9.17) is 11.6 Å². The maximum absolute atomic E-state index is 13.6. The number of nitrogens with one attached hydrogen (secondary N) is 1. The first-order valence-electron chi connectivity index (χ1n) is 5.94. The number of carbonyl (C=O) groups is 1. The van der Waals surface area contributed by atoms with Crippen LogP contribution in [-0.4, -0.2) is 10.8 Å². The molecule has 0 fully saturated rings. The SMILES string of the molecule is O=C(NCc1cccc(Cl)c1)c1cc([N+](=O)[O-])ccc1F. The predicted molar refractivity (Wildman–Crippen MR) is 75.7 cm³/mol. The van der Waals surface area contributed by atoms with Gasteiger partial charge in [0, 0.05) is 23.7 Å². The van der Waals surface area contributed by atoms with Crippen LogP contribution >= 0.6 is 11.6 Å². The van der Waals surface area contributed by atoms with E-state index in [1.165, 1.54) is 0 Å². The molecular weight excluding hydrogens is 299 g/mol. The topological polar surface area (TPSA) is 72.2 Å². The van der Waals surface area contributed by atoms with E-state index < -0.39 is 16.6 Å². The monoisotopic (exact) mass is 308 g/mol. The second-order valence-corrected chi connectivity index (χ2v) is 4.67. The van der Waals surface area contributed by atoms with Gasteiger partial charge in [-0.1, -0.05) is 23.7 Å². The maximum Gasteiger partial charge on any atom is 0.270 e. The van der Waals surface area contributed by atoms with Gasteiger partial charge in [0.15, 0.2) is 0 Å². The molecule has 0 aliphatic heterocycles. The van der Waals surface area contributed by atoms with Crippen LogP contribution in [-0.2, 0) is 6.54 Å². The molecule has 0 aliphatic rings. The fraction of sp³-hybridized carbons (Fsp3) is 0.0714. The second-order valence-electron chi connectivity index (χ2n) is 4.23. The van der Waals surface area contributed by atoms with Crippen molar-refractivity contribution in [3.05, 3.63) is 74.5 Å². The third kappa shape index (κ3) is 3.76. The van der Waals surface area contributed by atoms with E-state index >= 15 is 0 Å². The minimum Gasteiger partial charge on any atom is -0.348 e. The highest BCUT2D eigenvalue weighted by atomic mass is 35.5. The fourth-order valence-corrected chi connectivity index (χ4v) is 1.94. The molecule has 1 amide bonds. The highest BCUT2D eigenvalue weighted by molar-refractivity contribution is 6.30. The van der Waals surface area contributed by atoms with E-state index in [0.29, 0.717) is 5.02 Å². The zero-order chi connectivity index (χ0) is 15.4. The first kappa shape index (κ1) is 14.9. The lowest BCUT2D eigenvalue weighted by Gasteiger charge is -2.06. The van der Waals surface area contributed by atoms with Crippen LogP contribution in [0, 0.1) is 15.9 Å². The van der Waals surface area contributed by atoms with Gasteiger partial charge in [0.2, 0.25) is 0 Å². The molecule has 0 aromatic heterocycles. The second kappa shape index (κ2) is 6.32. The van der Waals surface area contributed by atoms with Crippen LogP contribution in [0.4, 0.5) is 10.1 Å². The van der Waals surface area contributed by atoms with Crippen LogP contribution in [0.2, 0.25) is 5.02 Å². The lowest BCUT2D eigenvalue weighted by molar-refractivity contribution is -0.384. The van der Waals surface area contributed by atoms with E-state index in [0.717, 1.165) is 23.8 Å². The van der Waals surface area contributed by atoms with Crippen molar-refractivity contribution in [3.8, 4) is 0 Å². The zero-order valence-corrected chi connectivity index (χ0v) is 11.4. The van der Waals surface area contributed by atoms with E-state index in [2.05, 4.69) is 5.32 Å². The molecule has 0 saturated carbocycles. The van der Waals surface area contributed by atoms with Crippen molar-refractivity contribution in [3.63, 3.8) is 0 Å².